The van der Waals surface area contributed by atoms with E-state index in [2.05, 4.69) is 23.1 Å². The average Bonchev–Trinajstić information content (AvgIpc) is 2.70. The SMILES string of the molecule is CC(Sc1ccc(Cl)cc1)C(=O)N(C)Cc1ccccc1N1CCOCC1. The fourth-order valence-corrected chi connectivity index (χ4v) is 4.28. The van der Waals surface area contributed by atoms with E-state index < -0.39 is 0 Å². The Bertz CT molecular complexity index is 763. The number of carbonyl (C=O) groups is 1. The second-order valence-corrected chi connectivity index (χ2v) is 8.49. The fraction of sp³-hybridized carbons (Fsp3) is 0.381. The molecular formula is C21H25ClN2O2S. The van der Waals surface area contributed by atoms with Crippen LogP contribution >= 0.6 is 23.4 Å². The highest BCUT2D eigenvalue weighted by atomic mass is 35.5. The Morgan fingerprint density at radius 3 is 2.56 bits per heavy atom. The van der Waals surface area contributed by atoms with Crippen LogP contribution in [0.3, 0.4) is 0 Å². The number of hydrogen-bond acceptors (Lipinski definition) is 4. The highest BCUT2D eigenvalue weighted by molar-refractivity contribution is 8.00. The molecule has 1 aliphatic rings. The van der Waals surface area contributed by atoms with Crippen LogP contribution < -0.4 is 4.90 Å². The van der Waals surface area contributed by atoms with Crippen LogP contribution in [0.15, 0.2) is 53.4 Å². The van der Waals surface area contributed by atoms with Crippen molar-refractivity contribution >= 4 is 35.0 Å². The molecule has 0 aromatic heterocycles. The maximum absolute atomic E-state index is 12.9. The zero-order valence-corrected chi connectivity index (χ0v) is 17.3. The minimum absolute atomic E-state index is 0.117. The molecule has 27 heavy (non-hydrogen) atoms. The summed E-state index contributed by atoms with van der Waals surface area (Å²) in [6.45, 7) is 5.81. The number of nitrogens with zero attached hydrogens (tertiary/aromatic N) is 2. The lowest BCUT2D eigenvalue weighted by atomic mass is 10.1. The van der Waals surface area contributed by atoms with Gasteiger partial charge in [-0.15, -0.1) is 11.8 Å². The van der Waals surface area contributed by atoms with Gasteiger partial charge in [-0.3, -0.25) is 4.79 Å². The standard InChI is InChI=1S/C21H25ClN2O2S/c1-16(27-19-9-7-18(22)8-10-19)21(25)23(2)15-17-5-3-4-6-20(17)24-11-13-26-14-12-24/h3-10,16H,11-15H2,1-2H3. The van der Waals surface area contributed by atoms with E-state index in [4.69, 9.17) is 16.3 Å². The first-order valence-corrected chi connectivity index (χ1v) is 10.4. The molecule has 4 nitrogen and oxygen atoms in total. The van der Waals surface area contributed by atoms with E-state index in [1.54, 1.807) is 11.8 Å². The van der Waals surface area contributed by atoms with Crippen molar-refractivity contribution in [2.45, 2.75) is 23.6 Å². The van der Waals surface area contributed by atoms with Crippen molar-refractivity contribution in [2.24, 2.45) is 0 Å². The molecule has 2 aromatic rings. The molecule has 1 unspecified atom stereocenters. The molecular weight excluding hydrogens is 380 g/mol. The molecule has 0 bridgehead atoms. The zero-order valence-electron chi connectivity index (χ0n) is 15.7. The molecule has 144 valence electrons. The Hall–Kier alpha value is -1.69. The second-order valence-electron chi connectivity index (χ2n) is 6.64. The Kier molecular flexibility index (Phi) is 7.05. The van der Waals surface area contributed by atoms with Gasteiger partial charge in [-0.05, 0) is 42.8 Å². The summed E-state index contributed by atoms with van der Waals surface area (Å²) in [4.78, 5) is 18.0. The predicted octanol–water partition coefficient (Wildman–Crippen LogP) is 4.32. The van der Waals surface area contributed by atoms with Crippen molar-refractivity contribution in [3.8, 4) is 0 Å². The molecule has 0 aliphatic carbocycles. The van der Waals surface area contributed by atoms with Gasteiger partial charge in [0.05, 0.1) is 18.5 Å². The predicted molar refractivity (Wildman–Crippen MR) is 113 cm³/mol. The van der Waals surface area contributed by atoms with Gasteiger partial charge < -0.3 is 14.5 Å². The Balaban J connectivity index is 1.64. The van der Waals surface area contributed by atoms with Gasteiger partial charge in [0.2, 0.25) is 5.91 Å². The summed E-state index contributed by atoms with van der Waals surface area (Å²) < 4.78 is 5.46. The summed E-state index contributed by atoms with van der Waals surface area (Å²) in [5.41, 5.74) is 2.36. The smallest absolute Gasteiger partial charge is 0.235 e. The first-order valence-electron chi connectivity index (χ1n) is 9.12. The lowest BCUT2D eigenvalue weighted by Gasteiger charge is -2.31. The van der Waals surface area contributed by atoms with Crippen LogP contribution in [0.2, 0.25) is 5.02 Å². The van der Waals surface area contributed by atoms with Crippen LogP contribution in [0.1, 0.15) is 12.5 Å². The third-order valence-corrected chi connectivity index (χ3v) is 5.95. The first-order chi connectivity index (χ1) is 13.0. The molecule has 0 spiro atoms. The van der Waals surface area contributed by atoms with E-state index in [0.29, 0.717) is 11.6 Å². The number of benzene rings is 2. The molecule has 2 aromatic carbocycles. The lowest BCUT2D eigenvalue weighted by Crippen LogP contribution is -2.38. The van der Waals surface area contributed by atoms with Crippen molar-refractivity contribution in [2.75, 3.05) is 38.3 Å². The minimum Gasteiger partial charge on any atom is -0.378 e. The molecule has 1 atom stereocenters. The van der Waals surface area contributed by atoms with E-state index in [1.807, 2.05) is 49.2 Å². The van der Waals surface area contributed by atoms with Gasteiger partial charge in [-0.1, -0.05) is 29.8 Å². The van der Waals surface area contributed by atoms with E-state index in [1.165, 1.54) is 11.3 Å². The van der Waals surface area contributed by atoms with Gasteiger partial charge in [0.15, 0.2) is 0 Å². The van der Waals surface area contributed by atoms with E-state index in [9.17, 15) is 4.79 Å². The monoisotopic (exact) mass is 404 g/mol. The fourth-order valence-electron chi connectivity index (χ4n) is 3.17. The summed E-state index contributed by atoms with van der Waals surface area (Å²) in [6.07, 6.45) is 0. The maximum Gasteiger partial charge on any atom is 0.235 e. The molecule has 0 radical (unpaired) electrons. The first kappa shape index (κ1) is 20.1. The van der Waals surface area contributed by atoms with Crippen LogP contribution in [-0.2, 0) is 16.1 Å². The van der Waals surface area contributed by atoms with Crippen molar-refractivity contribution in [1.82, 2.24) is 4.90 Å². The van der Waals surface area contributed by atoms with Crippen molar-refractivity contribution < 1.29 is 9.53 Å². The topological polar surface area (TPSA) is 32.8 Å². The highest BCUT2D eigenvalue weighted by Crippen LogP contribution is 2.27. The third-order valence-electron chi connectivity index (χ3n) is 4.60. The molecule has 0 saturated carbocycles. The van der Waals surface area contributed by atoms with E-state index in [-0.39, 0.29) is 11.2 Å². The van der Waals surface area contributed by atoms with Crippen LogP contribution in [0.25, 0.3) is 0 Å². The quantitative estimate of drug-likeness (QED) is 0.671. The number of amides is 1. The number of hydrogen-bond donors (Lipinski definition) is 0. The molecule has 1 saturated heterocycles. The number of anilines is 1. The number of carbonyl (C=O) groups excluding carboxylic acids is 1. The van der Waals surface area contributed by atoms with Crippen LogP contribution in [-0.4, -0.2) is 49.4 Å². The molecule has 1 heterocycles. The van der Waals surface area contributed by atoms with Crippen molar-refractivity contribution in [3.05, 3.63) is 59.1 Å². The summed E-state index contributed by atoms with van der Waals surface area (Å²) in [5, 5.41) is 0.543. The van der Waals surface area contributed by atoms with E-state index >= 15 is 0 Å². The second kappa shape index (κ2) is 9.49. The molecule has 1 amide bonds. The molecule has 1 fully saturated rings. The lowest BCUT2D eigenvalue weighted by molar-refractivity contribution is -0.129. The summed E-state index contributed by atoms with van der Waals surface area (Å²) in [7, 11) is 1.87. The zero-order chi connectivity index (χ0) is 19.2. The van der Waals surface area contributed by atoms with Gasteiger partial charge in [-0.2, -0.15) is 0 Å². The molecule has 6 heteroatoms. The highest BCUT2D eigenvalue weighted by Gasteiger charge is 2.21. The molecule has 1 aliphatic heterocycles. The Labute approximate surface area is 170 Å². The van der Waals surface area contributed by atoms with Crippen molar-refractivity contribution in [3.63, 3.8) is 0 Å². The average molecular weight is 405 g/mol. The van der Waals surface area contributed by atoms with Gasteiger partial charge in [-0.25, -0.2) is 0 Å². The van der Waals surface area contributed by atoms with Gasteiger partial charge in [0.25, 0.3) is 0 Å². The Morgan fingerprint density at radius 2 is 1.85 bits per heavy atom. The number of thioether (sulfide) groups is 1. The number of halogens is 1. The molecule has 0 N–H and O–H groups in total. The van der Waals surface area contributed by atoms with Crippen LogP contribution in [0.5, 0.6) is 0 Å². The number of ether oxygens (including phenoxy) is 1. The molecule has 3 rings (SSSR count). The number of rotatable bonds is 6. The number of para-hydroxylation sites is 1. The summed E-state index contributed by atoms with van der Waals surface area (Å²) >= 11 is 7.49. The number of morpholine rings is 1. The van der Waals surface area contributed by atoms with E-state index in [0.717, 1.165) is 31.2 Å². The van der Waals surface area contributed by atoms with Gasteiger partial charge in [0.1, 0.15) is 0 Å². The van der Waals surface area contributed by atoms with Crippen LogP contribution in [0.4, 0.5) is 5.69 Å². The maximum atomic E-state index is 12.9. The summed E-state index contributed by atoms with van der Waals surface area (Å²) in [5.74, 6) is 0.117. The third kappa shape index (κ3) is 5.41. The largest absolute Gasteiger partial charge is 0.378 e. The minimum atomic E-state index is -0.160. The normalized spacial score (nSPS) is 15.4. The van der Waals surface area contributed by atoms with Gasteiger partial charge in [0, 0.05) is 42.3 Å². The van der Waals surface area contributed by atoms with Gasteiger partial charge >= 0.3 is 0 Å². The van der Waals surface area contributed by atoms with Crippen molar-refractivity contribution in [1.29, 1.82) is 0 Å². The Morgan fingerprint density at radius 1 is 1.19 bits per heavy atom. The van der Waals surface area contributed by atoms with Crippen LogP contribution in [0, 0.1) is 0 Å². The summed E-state index contributed by atoms with van der Waals surface area (Å²) in [6, 6.07) is 15.9.